The third kappa shape index (κ3) is 2.10. The standard InChI is InChI=1S/C9H7N3O2S/c13-9(14)7-8(15-5-11-7)12-6-2-1-3-10-4-6/h1-5,12H,(H,13,14). The van der Waals surface area contributed by atoms with Crippen LogP contribution in [0.15, 0.2) is 30.0 Å². The first-order valence-corrected chi connectivity index (χ1v) is 4.99. The Kier molecular flexibility index (Phi) is 2.59. The van der Waals surface area contributed by atoms with Crippen molar-refractivity contribution in [2.24, 2.45) is 0 Å². The second kappa shape index (κ2) is 4.05. The van der Waals surface area contributed by atoms with E-state index in [0.717, 1.165) is 5.69 Å². The molecule has 0 saturated carbocycles. The molecule has 2 rings (SSSR count). The Hall–Kier alpha value is -1.95. The number of aromatic carboxylic acids is 1. The highest BCUT2D eigenvalue weighted by molar-refractivity contribution is 7.14. The summed E-state index contributed by atoms with van der Waals surface area (Å²) in [5, 5.41) is 12.3. The van der Waals surface area contributed by atoms with Crippen molar-refractivity contribution >= 4 is 28.0 Å². The summed E-state index contributed by atoms with van der Waals surface area (Å²) in [7, 11) is 0. The SMILES string of the molecule is O=C(O)c1ncsc1Nc1cccnc1. The summed E-state index contributed by atoms with van der Waals surface area (Å²) in [4.78, 5) is 18.4. The first-order chi connectivity index (χ1) is 7.27. The van der Waals surface area contributed by atoms with E-state index in [-0.39, 0.29) is 5.69 Å². The Bertz CT molecular complexity index is 469. The lowest BCUT2D eigenvalue weighted by atomic mass is 10.4. The van der Waals surface area contributed by atoms with E-state index in [2.05, 4.69) is 15.3 Å². The zero-order valence-electron chi connectivity index (χ0n) is 7.54. The normalized spacial score (nSPS) is 9.87. The molecular formula is C9H7N3O2S. The molecule has 0 fully saturated rings. The number of pyridine rings is 1. The molecule has 0 aliphatic carbocycles. The maximum Gasteiger partial charge on any atom is 0.357 e. The van der Waals surface area contributed by atoms with Gasteiger partial charge in [0, 0.05) is 6.20 Å². The summed E-state index contributed by atoms with van der Waals surface area (Å²) < 4.78 is 0. The third-order valence-electron chi connectivity index (χ3n) is 1.69. The first-order valence-electron chi connectivity index (χ1n) is 4.11. The van der Waals surface area contributed by atoms with Crippen LogP contribution in [0.2, 0.25) is 0 Å². The Balaban J connectivity index is 2.25. The topological polar surface area (TPSA) is 75.1 Å². The van der Waals surface area contributed by atoms with Crippen LogP contribution in [0.3, 0.4) is 0 Å². The van der Waals surface area contributed by atoms with Gasteiger partial charge in [0.1, 0.15) is 5.00 Å². The van der Waals surface area contributed by atoms with E-state index in [1.54, 1.807) is 24.5 Å². The number of anilines is 2. The summed E-state index contributed by atoms with van der Waals surface area (Å²) in [6.07, 6.45) is 3.27. The van der Waals surface area contributed by atoms with Gasteiger partial charge in [0.2, 0.25) is 0 Å². The van der Waals surface area contributed by atoms with Gasteiger partial charge in [0.15, 0.2) is 5.69 Å². The second-order valence-electron chi connectivity index (χ2n) is 2.70. The van der Waals surface area contributed by atoms with Crippen LogP contribution in [0.1, 0.15) is 10.5 Å². The van der Waals surface area contributed by atoms with E-state index in [1.165, 1.54) is 16.8 Å². The molecule has 2 aromatic heterocycles. The first kappa shape index (κ1) is 9.60. The number of hydrogen-bond donors (Lipinski definition) is 2. The minimum atomic E-state index is -1.04. The Morgan fingerprint density at radius 3 is 3.07 bits per heavy atom. The van der Waals surface area contributed by atoms with Crippen molar-refractivity contribution in [3.8, 4) is 0 Å². The van der Waals surface area contributed by atoms with Crippen molar-refractivity contribution in [2.45, 2.75) is 0 Å². The van der Waals surface area contributed by atoms with Crippen molar-refractivity contribution in [1.29, 1.82) is 0 Å². The summed E-state index contributed by atoms with van der Waals surface area (Å²) >= 11 is 1.24. The molecule has 0 amide bonds. The zero-order chi connectivity index (χ0) is 10.7. The van der Waals surface area contributed by atoms with E-state index in [1.807, 2.05) is 0 Å². The predicted molar refractivity (Wildman–Crippen MR) is 56.6 cm³/mol. The van der Waals surface area contributed by atoms with Gasteiger partial charge in [-0.05, 0) is 12.1 Å². The zero-order valence-corrected chi connectivity index (χ0v) is 8.36. The van der Waals surface area contributed by atoms with Crippen LogP contribution >= 0.6 is 11.3 Å². The number of carboxylic acid groups (broad SMARTS) is 1. The lowest BCUT2D eigenvalue weighted by molar-refractivity contribution is 0.0692. The fourth-order valence-electron chi connectivity index (χ4n) is 1.06. The molecule has 0 atom stereocenters. The molecule has 6 heteroatoms. The highest BCUT2D eigenvalue weighted by Crippen LogP contribution is 2.24. The number of nitrogens with zero attached hydrogens (tertiary/aromatic N) is 2. The molecule has 76 valence electrons. The maximum absolute atomic E-state index is 10.8. The van der Waals surface area contributed by atoms with Crippen molar-refractivity contribution < 1.29 is 9.90 Å². The van der Waals surface area contributed by atoms with E-state index in [4.69, 9.17) is 5.11 Å². The second-order valence-corrected chi connectivity index (χ2v) is 3.56. The summed E-state index contributed by atoms with van der Waals surface area (Å²) in [6.45, 7) is 0. The van der Waals surface area contributed by atoms with Crippen LogP contribution in [0, 0.1) is 0 Å². The fourth-order valence-corrected chi connectivity index (χ4v) is 1.75. The maximum atomic E-state index is 10.8. The van der Waals surface area contributed by atoms with Crippen molar-refractivity contribution in [3.05, 3.63) is 35.7 Å². The molecule has 0 spiro atoms. The number of aromatic nitrogens is 2. The van der Waals surface area contributed by atoms with E-state index in [0.29, 0.717) is 5.00 Å². The number of carbonyl (C=O) groups is 1. The summed E-state index contributed by atoms with van der Waals surface area (Å²) in [5.41, 5.74) is 2.26. The number of carboxylic acids is 1. The van der Waals surface area contributed by atoms with Crippen LogP contribution in [-0.4, -0.2) is 21.0 Å². The molecule has 0 aliphatic rings. The van der Waals surface area contributed by atoms with Gasteiger partial charge in [0.25, 0.3) is 0 Å². The highest BCUT2D eigenvalue weighted by atomic mass is 32.1. The monoisotopic (exact) mass is 221 g/mol. The Morgan fingerprint density at radius 1 is 1.53 bits per heavy atom. The van der Waals surface area contributed by atoms with Crippen LogP contribution < -0.4 is 5.32 Å². The van der Waals surface area contributed by atoms with Gasteiger partial charge in [-0.3, -0.25) is 4.98 Å². The minimum Gasteiger partial charge on any atom is -0.476 e. The predicted octanol–water partition coefficient (Wildman–Crippen LogP) is 1.98. The van der Waals surface area contributed by atoms with E-state index < -0.39 is 5.97 Å². The number of rotatable bonds is 3. The van der Waals surface area contributed by atoms with Gasteiger partial charge in [0.05, 0.1) is 17.4 Å². The number of nitrogens with one attached hydrogen (secondary N) is 1. The number of hydrogen-bond acceptors (Lipinski definition) is 5. The smallest absolute Gasteiger partial charge is 0.357 e. The van der Waals surface area contributed by atoms with Crippen molar-refractivity contribution in [3.63, 3.8) is 0 Å². The van der Waals surface area contributed by atoms with Gasteiger partial charge >= 0.3 is 5.97 Å². The average molecular weight is 221 g/mol. The minimum absolute atomic E-state index is 0.0313. The molecule has 15 heavy (non-hydrogen) atoms. The molecule has 2 heterocycles. The van der Waals surface area contributed by atoms with E-state index >= 15 is 0 Å². The van der Waals surface area contributed by atoms with E-state index in [9.17, 15) is 4.79 Å². The van der Waals surface area contributed by atoms with Crippen LogP contribution in [0.5, 0.6) is 0 Å². The van der Waals surface area contributed by atoms with Crippen molar-refractivity contribution in [2.75, 3.05) is 5.32 Å². The fraction of sp³-hybridized carbons (Fsp3) is 0. The number of thiazole rings is 1. The molecule has 0 aromatic carbocycles. The van der Waals surface area contributed by atoms with Gasteiger partial charge in [-0.25, -0.2) is 9.78 Å². The largest absolute Gasteiger partial charge is 0.476 e. The average Bonchev–Trinajstić information content (AvgIpc) is 2.67. The summed E-state index contributed by atoms with van der Waals surface area (Å²) in [6, 6.07) is 3.57. The molecule has 0 bridgehead atoms. The lowest BCUT2D eigenvalue weighted by Crippen LogP contribution is -2.00. The molecule has 5 nitrogen and oxygen atoms in total. The molecule has 0 radical (unpaired) electrons. The molecule has 2 N–H and O–H groups in total. The van der Waals surface area contributed by atoms with Gasteiger partial charge in [-0.1, -0.05) is 0 Å². The molecule has 0 unspecified atom stereocenters. The molecule has 0 aliphatic heterocycles. The highest BCUT2D eigenvalue weighted by Gasteiger charge is 2.13. The van der Waals surface area contributed by atoms with Crippen molar-refractivity contribution in [1.82, 2.24) is 9.97 Å². The van der Waals surface area contributed by atoms with Gasteiger partial charge < -0.3 is 10.4 Å². The van der Waals surface area contributed by atoms with Crippen LogP contribution in [0.4, 0.5) is 10.7 Å². The molecular weight excluding hydrogens is 214 g/mol. The van der Waals surface area contributed by atoms with Crippen LogP contribution in [-0.2, 0) is 0 Å². The van der Waals surface area contributed by atoms with Crippen LogP contribution in [0.25, 0.3) is 0 Å². The van der Waals surface area contributed by atoms with Gasteiger partial charge in [-0.15, -0.1) is 11.3 Å². The quantitative estimate of drug-likeness (QED) is 0.828. The summed E-state index contributed by atoms with van der Waals surface area (Å²) in [5.74, 6) is -1.04. The third-order valence-corrected chi connectivity index (χ3v) is 2.43. The van der Waals surface area contributed by atoms with Gasteiger partial charge in [-0.2, -0.15) is 0 Å². The Morgan fingerprint density at radius 2 is 2.40 bits per heavy atom. The molecule has 0 saturated heterocycles. The lowest BCUT2D eigenvalue weighted by Gasteiger charge is -2.02. The molecule has 2 aromatic rings. The Labute approximate surface area is 89.4 Å².